The van der Waals surface area contributed by atoms with Crippen molar-refractivity contribution in [2.75, 3.05) is 31.1 Å². The van der Waals surface area contributed by atoms with Crippen molar-refractivity contribution in [3.8, 4) is 0 Å². The van der Waals surface area contributed by atoms with Crippen molar-refractivity contribution in [1.82, 2.24) is 24.0 Å². The summed E-state index contributed by atoms with van der Waals surface area (Å²) in [5.74, 6) is 0.567. The third-order valence-electron chi connectivity index (χ3n) is 6.58. The predicted molar refractivity (Wildman–Crippen MR) is 132 cm³/mol. The maximum atomic E-state index is 13.1. The molecule has 35 heavy (non-hydrogen) atoms. The number of carbonyl (C=O) groups is 1. The summed E-state index contributed by atoms with van der Waals surface area (Å²) in [5, 5.41) is 5.58. The number of sulfonamides is 1. The van der Waals surface area contributed by atoms with Crippen molar-refractivity contribution in [3.63, 3.8) is 0 Å². The number of carbonyl (C=O) groups excluding carboxylic acids is 1. The van der Waals surface area contributed by atoms with E-state index in [1.54, 1.807) is 42.5 Å². The first-order valence-electron chi connectivity index (χ1n) is 11.3. The molecule has 0 spiro atoms. The van der Waals surface area contributed by atoms with Crippen LogP contribution < -0.4 is 10.5 Å². The molecule has 1 saturated heterocycles. The Bertz CT molecular complexity index is 1470. The van der Waals surface area contributed by atoms with Gasteiger partial charge in [-0.3, -0.25) is 13.9 Å². The van der Waals surface area contributed by atoms with Crippen LogP contribution in [0.2, 0.25) is 5.02 Å². The smallest absolute Gasteiger partial charge is 0.266 e. The van der Waals surface area contributed by atoms with Gasteiger partial charge in [0.05, 0.1) is 16.5 Å². The maximum absolute atomic E-state index is 13.1. The Kier molecular flexibility index (Phi) is 6.06. The molecule has 2 aliphatic heterocycles. The fraction of sp³-hybridized carbons (Fsp3) is 0.348. The fourth-order valence-corrected chi connectivity index (χ4v) is 6.04. The van der Waals surface area contributed by atoms with Gasteiger partial charge in [-0.25, -0.2) is 13.1 Å². The SMILES string of the molecule is Cn1nc(N2CCC(C(=O)N3C=CN(S(=O)(=O)c4ccc5c(Cl)c[nH]c5c4)CC3)CC2)ccc1=O. The topological polar surface area (TPSA) is 112 Å². The molecule has 184 valence electrons. The number of anilines is 1. The maximum Gasteiger partial charge on any atom is 0.266 e. The van der Waals surface area contributed by atoms with Crippen LogP contribution in [0, 0.1) is 5.92 Å². The van der Waals surface area contributed by atoms with E-state index in [0.29, 0.717) is 36.5 Å². The molecule has 4 heterocycles. The van der Waals surface area contributed by atoms with E-state index >= 15 is 0 Å². The molecule has 0 radical (unpaired) electrons. The summed E-state index contributed by atoms with van der Waals surface area (Å²) in [5.41, 5.74) is 0.481. The van der Waals surface area contributed by atoms with Crippen molar-refractivity contribution in [3.05, 3.63) is 64.3 Å². The molecular weight excluding hydrogens is 492 g/mol. The largest absolute Gasteiger partial charge is 0.360 e. The van der Waals surface area contributed by atoms with E-state index in [1.807, 2.05) is 0 Å². The lowest BCUT2D eigenvalue weighted by atomic mass is 9.95. The predicted octanol–water partition coefficient (Wildman–Crippen LogP) is 2.14. The second kappa shape index (κ2) is 9.04. The summed E-state index contributed by atoms with van der Waals surface area (Å²) in [7, 11) is -2.14. The molecule has 10 nitrogen and oxygen atoms in total. The minimum atomic E-state index is -3.76. The minimum Gasteiger partial charge on any atom is -0.360 e. The highest BCUT2D eigenvalue weighted by atomic mass is 35.5. The van der Waals surface area contributed by atoms with Crippen molar-refractivity contribution < 1.29 is 13.2 Å². The van der Waals surface area contributed by atoms with Crippen LogP contribution in [0.3, 0.4) is 0 Å². The molecule has 5 rings (SSSR count). The first-order chi connectivity index (χ1) is 16.7. The third-order valence-corrected chi connectivity index (χ3v) is 8.67. The standard InChI is InChI=1S/C23H25ClN6O4S/c1-27-22(31)5-4-21(26-27)28-8-6-16(7-9-28)23(32)29-10-12-30(13-11-29)35(33,34)17-2-3-18-19(24)15-25-20(18)14-17/h2-5,10,12,14-16,25H,6-9,11,13H2,1H3. The highest BCUT2D eigenvalue weighted by Crippen LogP contribution is 2.28. The Morgan fingerprint density at radius 3 is 2.54 bits per heavy atom. The van der Waals surface area contributed by atoms with E-state index < -0.39 is 10.0 Å². The van der Waals surface area contributed by atoms with Crippen LogP contribution in [-0.4, -0.2) is 64.5 Å². The van der Waals surface area contributed by atoms with E-state index in [4.69, 9.17) is 11.6 Å². The van der Waals surface area contributed by atoms with Crippen LogP contribution in [0.25, 0.3) is 10.9 Å². The number of aromatic amines is 1. The van der Waals surface area contributed by atoms with Gasteiger partial charge in [0.25, 0.3) is 15.6 Å². The molecule has 1 aromatic carbocycles. The molecule has 2 aromatic heterocycles. The molecule has 1 fully saturated rings. The first-order valence-corrected chi connectivity index (χ1v) is 13.1. The van der Waals surface area contributed by atoms with Gasteiger partial charge in [-0.15, -0.1) is 0 Å². The van der Waals surface area contributed by atoms with Crippen molar-refractivity contribution in [2.24, 2.45) is 13.0 Å². The summed E-state index contributed by atoms with van der Waals surface area (Å²) in [6, 6.07) is 7.98. The summed E-state index contributed by atoms with van der Waals surface area (Å²) in [4.78, 5) is 31.4. The number of rotatable bonds is 4. The van der Waals surface area contributed by atoms with Gasteiger partial charge >= 0.3 is 0 Å². The summed E-state index contributed by atoms with van der Waals surface area (Å²) in [6.45, 7) is 1.78. The van der Waals surface area contributed by atoms with Crippen LogP contribution >= 0.6 is 11.6 Å². The summed E-state index contributed by atoms with van der Waals surface area (Å²) >= 11 is 6.09. The molecule has 12 heteroatoms. The summed E-state index contributed by atoms with van der Waals surface area (Å²) < 4.78 is 28.8. The van der Waals surface area contributed by atoms with Crippen molar-refractivity contribution in [2.45, 2.75) is 17.7 Å². The van der Waals surface area contributed by atoms with Gasteiger partial charge < -0.3 is 14.8 Å². The average molecular weight is 517 g/mol. The zero-order valence-electron chi connectivity index (χ0n) is 19.1. The molecule has 0 aliphatic carbocycles. The summed E-state index contributed by atoms with van der Waals surface area (Å²) in [6.07, 6.45) is 5.94. The zero-order valence-corrected chi connectivity index (χ0v) is 20.7. The highest BCUT2D eigenvalue weighted by molar-refractivity contribution is 7.89. The number of hydrogen-bond donors (Lipinski definition) is 1. The van der Waals surface area contributed by atoms with Crippen molar-refractivity contribution >= 4 is 44.3 Å². The number of aromatic nitrogens is 3. The number of H-pyrrole nitrogens is 1. The van der Waals surface area contributed by atoms with Crippen LogP contribution in [0.5, 0.6) is 0 Å². The molecular formula is C23H25ClN6O4S. The molecule has 1 amide bonds. The number of aryl methyl sites for hydroxylation is 1. The van der Waals surface area contributed by atoms with Crippen LogP contribution in [0.4, 0.5) is 5.82 Å². The number of nitrogens with one attached hydrogen (secondary N) is 1. The van der Waals surface area contributed by atoms with Gasteiger partial charge in [-0.1, -0.05) is 11.6 Å². The lowest BCUT2D eigenvalue weighted by molar-refractivity contribution is -0.133. The minimum absolute atomic E-state index is 0.00573. The van der Waals surface area contributed by atoms with Crippen LogP contribution in [-0.2, 0) is 21.9 Å². The molecule has 0 atom stereocenters. The molecule has 2 aliphatic rings. The second-order valence-corrected chi connectivity index (χ2v) is 11.0. The number of piperidine rings is 1. The van der Waals surface area contributed by atoms with E-state index in [0.717, 1.165) is 11.2 Å². The number of fused-ring (bicyclic) bond motifs is 1. The van der Waals surface area contributed by atoms with Crippen LogP contribution in [0.1, 0.15) is 12.8 Å². The monoisotopic (exact) mass is 516 g/mol. The van der Waals surface area contributed by atoms with Gasteiger partial charge in [0.1, 0.15) is 5.82 Å². The van der Waals surface area contributed by atoms with Gasteiger partial charge in [0.2, 0.25) is 5.91 Å². The number of benzene rings is 1. The first kappa shape index (κ1) is 23.4. The lowest BCUT2D eigenvalue weighted by Crippen LogP contribution is -2.45. The second-order valence-electron chi connectivity index (χ2n) is 8.70. The molecule has 0 bridgehead atoms. The Balaban J connectivity index is 1.22. The van der Waals surface area contributed by atoms with Gasteiger partial charge in [-0.2, -0.15) is 5.10 Å². The fourth-order valence-electron chi connectivity index (χ4n) is 4.51. The van der Waals surface area contributed by atoms with E-state index in [-0.39, 0.29) is 35.4 Å². The van der Waals surface area contributed by atoms with Gasteiger partial charge in [0, 0.05) is 68.2 Å². The Labute approximate surface area is 207 Å². The highest BCUT2D eigenvalue weighted by Gasteiger charge is 2.31. The number of halogens is 1. The average Bonchev–Trinajstić information content (AvgIpc) is 3.25. The quantitative estimate of drug-likeness (QED) is 0.568. The molecule has 0 unspecified atom stereocenters. The lowest BCUT2D eigenvalue weighted by Gasteiger charge is -2.35. The number of hydrogen-bond acceptors (Lipinski definition) is 6. The molecule has 0 saturated carbocycles. The number of nitrogens with zero attached hydrogens (tertiary/aromatic N) is 5. The van der Waals surface area contributed by atoms with Gasteiger partial charge in [-0.05, 0) is 37.1 Å². The van der Waals surface area contributed by atoms with E-state index in [1.165, 1.54) is 27.3 Å². The Morgan fingerprint density at radius 2 is 1.86 bits per heavy atom. The van der Waals surface area contributed by atoms with Crippen LogP contribution in [0.15, 0.2) is 58.6 Å². The third kappa shape index (κ3) is 4.41. The van der Waals surface area contributed by atoms with Gasteiger partial charge in [0.15, 0.2) is 0 Å². The molecule has 1 N–H and O–H groups in total. The van der Waals surface area contributed by atoms with E-state index in [2.05, 4.69) is 15.0 Å². The zero-order chi connectivity index (χ0) is 24.7. The van der Waals surface area contributed by atoms with E-state index in [9.17, 15) is 18.0 Å². The Morgan fingerprint density at radius 1 is 1.09 bits per heavy atom. The molecule has 3 aromatic rings. The normalized spacial score (nSPS) is 17.4. The Hall–Kier alpha value is -3.31. The number of amides is 1. The van der Waals surface area contributed by atoms with Crippen molar-refractivity contribution in [1.29, 1.82) is 0 Å².